The van der Waals surface area contributed by atoms with Crippen LogP contribution in [0.4, 0.5) is 4.39 Å². The topological polar surface area (TPSA) is 52.8 Å². The Morgan fingerprint density at radius 3 is 3.12 bits per heavy atom. The van der Waals surface area contributed by atoms with Crippen molar-refractivity contribution in [2.45, 2.75) is 25.5 Å². The average Bonchev–Trinajstić information content (AvgIpc) is 2.73. The van der Waals surface area contributed by atoms with Crippen molar-refractivity contribution in [3.8, 4) is 0 Å². The lowest BCUT2D eigenvalue weighted by Gasteiger charge is -2.23. The van der Waals surface area contributed by atoms with Crippen molar-refractivity contribution in [1.29, 1.82) is 0 Å². The number of halogens is 1. The summed E-state index contributed by atoms with van der Waals surface area (Å²) in [6, 6.07) is 0. The molecule has 84 valence electrons. The fourth-order valence-electron chi connectivity index (χ4n) is 1.96. The van der Waals surface area contributed by atoms with Gasteiger partial charge in [0.15, 0.2) is 5.65 Å². The molecule has 0 N–H and O–H groups in total. The lowest BCUT2D eigenvalue weighted by Crippen LogP contribution is -2.17. The van der Waals surface area contributed by atoms with E-state index in [1.165, 1.54) is 6.20 Å². The van der Waals surface area contributed by atoms with Crippen LogP contribution in [0.2, 0.25) is 0 Å². The molecule has 16 heavy (non-hydrogen) atoms. The van der Waals surface area contributed by atoms with Crippen LogP contribution in [0.3, 0.4) is 0 Å². The van der Waals surface area contributed by atoms with E-state index < -0.39 is 6.08 Å². The summed E-state index contributed by atoms with van der Waals surface area (Å²) in [6.45, 7) is 0.734. The Bertz CT molecular complexity index is 506. The van der Waals surface area contributed by atoms with Crippen LogP contribution in [0.5, 0.6) is 0 Å². The van der Waals surface area contributed by atoms with Gasteiger partial charge >= 0.3 is 6.08 Å². The van der Waals surface area contributed by atoms with E-state index in [1.807, 2.05) is 0 Å². The normalized spacial score (nSPS) is 21.4. The average molecular weight is 222 g/mol. The number of imidazole rings is 1. The number of aromatic nitrogens is 4. The summed E-state index contributed by atoms with van der Waals surface area (Å²) < 4.78 is 20.3. The van der Waals surface area contributed by atoms with Gasteiger partial charge in [0.05, 0.1) is 12.5 Å². The molecule has 2 aromatic rings. The highest BCUT2D eigenvalue weighted by molar-refractivity contribution is 5.69. The maximum absolute atomic E-state index is 13.0. The quantitative estimate of drug-likeness (QED) is 0.688. The second kappa shape index (κ2) is 3.79. The molecule has 1 fully saturated rings. The van der Waals surface area contributed by atoms with Crippen LogP contribution >= 0.6 is 0 Å². The largest absolute Gasteiger partial charge is 0.358 e. The summed E-state index contributed by atoms with van der Waals surface area (Å²) in [5.74, 6) is 0. The van der Waals surface area contributed by atoms with Crippen molar-refractivity contribution >= 4 is 11.2 Å². The van der Waals surface area contributed by atoms with Gasteiger partial charge in [-0.25, -0.2) is 9.97 Å². The van der Waals surface area contributed by atoms with E-state index in [9.17, 15) is 4.39 Å². The molecular weight excluding hydrogens is 211 g/mol. The van der Waals surface area contributed by atoms with Gasteiger partial charge in [0, 0.05) is 6.61 Å². The van der Waals surface area contributed by atoms with Crippen LogP contribution < -0.4 is 0 Å². The van der Waals surface area contributed by atoms with Crippen molar-refractivity contribution in [3.05, 3.63) is 18.6 Å². The van der Waals surface area contributed by atoms with Gasteiger partial charge in [-0.2, -0.15) is 9.37 Å². The van der Waals surface area contributed by atoms with E-state index in [-0.39, 0.29) is 6.23 Å². The van der Waals surface area contributed by atoms with Crippen molar-refractivity contribution < 1.29 is 9.13 Å². The number of nitrogens with zero attached hydrogens (tertiary/aromatic N) is 4. The lowest BCUT2D eigenvalue weighted by molar-refractivity contribution is -0.0298. The van der Waals surface area contributed by atoms with E-state index in [4.69, 9.17) is 4.74 Å². The Kier molecular flexibility index (Phi) is 2.28. The highest BCUT2D eigenvalue weighted by Gasteiger charge is 2.18. The van der Waals surface area contributed by atoms with Gasteiger partial charge in [-0.05, 0) is 19.3 Å². The summed E-state index contributed by atoms with van der Waals surface area (Å²) in [6.07, 6.45) is 5.31. The molecule has 3 heterocycles. The maximum atomic E-state index is 13.0. The molecule has 0 aromatic carbocycles. The Hall–Kier alpha value is -1.56. The Balaban J connectivity index is 2.05. The molecule has 0 spiro atoms. The van der Waals surface area contributed by atoms with E-state index in [0.29, 0.717) is 11.2 Å². The zero-order valence-corrected chi connectivity index (χ0v) is 8.64. The molecule has 0 aliphatic carbocycles. The van der Waals surface area contributed by atoms with E-state index >= 15 is 0 Å². The van der Waals surface area contributed by atoms with Crippen LogP contribution in [0, 0.1) is 6.08 Å². The summed E-state index contributed by atoms with van der Waals surface area (Å²) in [5.41, 5.74) is 1.09. The Morgan fingerprint density at radius 2 is 2.31 bits per heavy atom. The number of rotatable bonds is 1. The zero-order valence-electron chi connectivity index (χ0n) is 8.64. The first-order chi connectivity index (χ1) is 7.84. The van der Waals surface area contributed by atoms with Gasteiger partial charge in [-0.15, -0.1) is 0 Å². The van der Waals surface area contributed by atoms with Crippen molar-refractivity contribution in [2.75, 3.05) is 6.61 Å². The smallest absolute Gasteiger partial charge is 0.310 e. The van der Waals surface area contributed by atoms with Crippen LogP contribution in [0.25, 0.3) is 11.2 Å². The minimum Gasteiger partial charge on any atom is -0.358 e. The van der Waals surface area contributed by atoms with Gasteiger partial charge in [0.2, 0.25) is 0 Å². The first-order valence-corrected chi connectivity index (χ1v) is 5.31. The molecule has 0 amide bonds. The molecule has 0 radical (unpaired) electrons. The molecule has 6 heteroatoms. The minimum atomic E-state index is -0.731. The fraction of sp³-hybridized carbons (Fsp3) is 0.500. The molecule has 0 bridgehead atoms. The predicted molar refractivity (Wildman–Crippen MR) is 54.1 cm³/mol. The summed E-state index contributed by atoms with van der Waals surface area (Å²) in [7, 11) is 0. The number of hydrogen-bond acceptors (Lipinski definition) is 4. The van der Waals surface area contributed by atoms with Crippen LogP contribution in [0.15, 0.2) is 12.5 Å². The maximum Gasteiger partial charge on any atom is 0.310 e. The third-order valence-electron chi connectivity index (χ3n) is 2.75. The molecular formula is C10H11FN4O. The third-order valence-corrected chi connectivity index (χ3v) is 2.75. The molecule has 5 nitrogen and oxygen atoms in total. The second-order valence-corrected chi connectivity index (χ2v) is 3.82. The summed E-state index contributed by atoms with van der Waals surface area (Å²) in [5, 5.41) is 0. The predicted octanol–water partition coefficient (Wildman–Crippen LogP) is 1.66. The standard InChI is InChI=1S/C10H11FN4O/c11-10-12-5-7-9(14-10)15(6-13-7)8-3-1-2-4-16-8/h5-6,8H,1-4H2. The highest BCUT2D eigenvalue weighted by atomic mass is 19.1. The van der Waals surface area contributed by atoms with Crippen LogP contribution in [-0.4, -0.2) is 26.1 Å². The Morgan fingerprint density at radius 1 is 1.38 bits per heavy atom. The summed E-state index contributed by atoms with van der Waals surface area (Å²) in [4.78, 5) is 11.4. The number of ether oxygens (including phenoxy) is 1. The number of hydrogen-bond donors (Lipinski definition) is 0. The fourth-order valence-corrected chi connectivity index (χ4v) is 1.96. The van der Waals surface area contributed by atoms with Crippen LogP contribution in [0.1, 0.15) is 25.5 Å². The van der Waals surface area contributed by atoms with E-state index in [0.717, 1.165) is 25.9 Å². The second-order valence-electron chi connectivity index (χ2n) is 3.82. The van der Waals surface area contributed by atoms with Crippen LogP contribution in [-0.2, 0) is 4.74 Å². The van der Waals surface area contributed by atoms with Gasteiger partial charge in [-0.1, -0.05) is 0 Å². The molecule has 1 aliphatic rings. The van der Waals surface area contributed by atoms with Gasteiger partial charge in [0.25, 0.3) is 0 Å². The van der Waals surface area contributed by atoms with Crippen molar-refractivity contribution in [2.24, 2.45) is 0 Å². The summed E-state index contributed by atoms with van der Waals surface area (Å²) >= 11 is 0. The van der Waals surface area contributed by atoms with E-state index in [2.05, 4.69) is 15.0 Å². The van der Waals surface area contributed by atoms with Crippen molar-refractivity contribution in [3.63, 3.8) is 0 Å². The van der Waals surface area contributed by atoms with Gasteiger partial charge in [0.1, 0.15) is 11.7 Å². The zero-order chi connectivity index (χ0) is 11.0. The molecule has 3 rings (SSSR count). The van der Waals surface area contributed by atoms with E-state index in [1.54, 1.807) is 10.9 Å². The van der Waals surface area contributed by atoms with Gasteiger partial charge < -0.3 is 4.74 Å². The molecule has 2 aromatic heterocycles. The molecule has 0 saturated carbocycles. The SMILES string of the molecule is Fc1ncc2ncn(C3CCCCO3)c2n1. The van der Waals surface area contributed by atoms with Gasteiger partial charge in [-0.3, -0.25) is 4.57 Å². The third kappa shape index (κ3) is 1.55. The first kappa shape index (κ1) is 9.65. The Labute approximate surface area is 91.3 Å². The monoisotopic (exact) mass is 222 g/mol. The molecule has 1 unspecified atom stereocenters. The molecule has 1 saturated heterocycles. The van der Waals surface area contributed by atoms with Crippen molar-refractivity contribution in [1.82, 2.24) is 19.5 Å². The number of fused-ring (bicyclic) bond motifs is 1. The molecule has 1 aliphatic heterocycles. The lowest BCUT2D eigenvalue weighted by atomic mass is 10.2. The highest BCUT2D eigenvalue weighted by Crippen LogP contribution is 2.25. The first-order valence-electron chi connectivity index (χ1n) is 5.31. The molecule has 1 atom stereocenters. The minimum absolute atomic E-state index is 0.0759.